The van der Waals surface area contributed by atoms with Crippen molar-refractivity contribution in [2.24, 2.45) is 0 Å². The number of hydrogen-bond acceptors (Lipinski definition) is 5. The van der Waals surface area contributed by atoms with Gasteiger partial charge in [-0.05, 0) is 62.2 Å². The van der Waals surface area contributed by atoms with Crippen molar-refractivity contribution in [3.05, 3.63) is 54.0 Å². The number of carbonyl (C=O) groups is 1. The van der Waals surface area contributed by atoms with Crippen LogP contribution in [0.1, 0.15) is 43.4 Å². The Hall–Kier alpha value is -2.12. The summed E-state index contributed by atoms with van der Waals surface area (Å²) in [7, 11) is -1.04. The second-order valence-corrected chi connectivity index (χ2v) is 9.23. The fraction of sp³-hybridized carbons (Fsp3) is 0.522. The first-order chi connectivity index (χ1) is 14.7. The molecule has 1 aromatic heterocycles. The molecule has 3 rings (SSSR count). The maximum atomic E-state index is 11.9. The van der Waals surface area contributed by atoms with E-state index in [2.05, 4.69) is 22.3 Å². The minimum absolute atomic E-state index is 0.0348. The van der Waals surface area contributed by atoms with E-state index in [0.717, 1.165) is 12.3 Å². The third-order valence-electron chi connectivity index (χ3n) is 5.11. The lowest BCUT2D eigenvalue weighted by molar-refractivity contribution is -0.121. The van der Waals surface area contributed by atoms with Crippen molar-refractivity contribution in [3.8, 4) is 5.75 Å². The Balaban J connectivity index is 1.26. The third kappa shape index (κ3) is 8.32. The second kappa shape index (κ2) is 12.5. The summed E-state index contributed by atoms with van der Waals surface area (Å²) in [6.07, 6.45) is 6.55. The molecule has 0 spiro atoms. The quantitative estimate of drug-likeness (QED) is 0.520. The Morgan fingerprint density at radius 3 is 2.83 bits per heavy atom. The highest BCUT2D eigenvalue weighted by atomic mass is 32.2. The van der Waals surface area contributed by atoms with E-state index in [4.69, 9.17) is 9.15 Å². The Labute approximate surface area is 181 Å². The molecule has 0 radical (unpaired) electrons. The predicted octanol–water partition coefficient (Wildman–Crippen LogP) is 3.49. The van der Waals surface area contributed by atoms with E-state index in [9.17, 15) is 9.00 Å². The number of benzene rings is 1. The van der Waals surface area contributed by atoms with E-state index < -0.39 is 10.8 Å². The molecule has 164 valence electrons. The lowest BCUT2D eigenvalue weighted by atomic mass is 10.1. The van der Waals surface area contributed by atoms with Crippen LogP contribution in [0.5, 0.6) is 5.75 Å². The average Bonchev–Trinajstić information content (AvgIpc) is 3.25. The molecule has 2 heterocycles. The zero-order valence-electron chi connectivity index (χ0n) is 17.5. The molecule has 7 heteroatoms. The number of piperidine rings is 1. The zero-order chi connectivity index (χ0) is 21.0. The van der Waals surface area contributed by atoms with Crippen LogP contribution in [0.25, 0.3) is 0 Å². The van der Waals surface area contributed by atoms with Crippen LogP contribution in [-0.2, 0) is 27.9 Å². The van der Waals surface area contributed by atoms with Gasteiger partial charge in [-0.25, -0.2) is 0 Å². The number of likely N-dealkylation sites (tertiary alicyclic amines) is 1. The van der Waals surface area contributed by atoms with Gasteiger partial charge in [0, 0.05) is 36.1 Å². The van der Waals surface area contributed by atoms with Crippen LogP contribution >= 0.6 is 0 Å². The molecule has 1 unspecified atom stereocenters. The van der Waals surface area contributed by atoms with Crippen LogP contribution in [0.4, 0.5) is 0 Å². The van der Waals surface area contributed by atoms with E-state index in [0.29, 0.717) is 43.3 Å². The van der Waals surface area contributed by atoms with Crippen molar-refractivity contribution >= 4 is 16.7 Å². The number of ether oxygens (including phenoxy) is 1. The number of amides is 1. The van der Waals surface area contributed by atoms with Gasteiger partial charge in [-0.15, -0.1) is 0 Å². The molecule has 1 aliphatic rings. The monoisotopic (exact) mass is 432 g/mol. The smallest absolute Gasteiger partial charge is 0.220 e. The van der Waals surface area contributed by atoms with Crippen LogP contribution in [-0.4, -0.2) is 47.0 Å². The average molecular weight is 433 g/mol. The highest BCUT2D eigenvalue weighted by Crippen LogP contribution is 2.18. The number of hydrogen-bond donors (Lipinski definition) is 1. The largest absolute Gasteiger partial charge is 0.494 e. The first-order valence-corrected chi connectivity index (χ1v) is 12.3. The molecule has 30 heavy (non-hydrogen) atoms. The fourth-order valence-corrected chi connectivity index (χ4v) is 4.51. The minimum Gasteiger partial charge on any atom is -0.494 e. The number of nitrogens with one attached hydrogen (secondary N) is 1. The number of furan rings is 1. The molecule has 6 nitrogen and oxygen atoms in total. The maximum Gasteiger partial charge on any atom is 0.220 e. The molecule has 1 amide bonds. The summed E-state index contributed by atoms with van der Waals surface area (Å²) in [5.74, 6) is 2.34. The van der Waals surface area contributed by atoms with Gasteiger partial charge in [0.1, 0.15) is 11.5 Å². The number of rotatable bonds is 12. The summed E-state index contributed by atoms with van der Waals surface area (Å²) in [5, 5.41) is 2.82. The summed E-state index contributed by atoms with van der Waals surface area (Å²) < 4.78 is 23.0. The van der Waals surface area contributed by atoms with Gasteiger partial charge in [0.25, 0.3) is 0 Å². The first-order valence-electron chi connectivity index (χ1n) is 10.8. The highest BCUT2D eigenvalue weighted by molar-refractivity contribution is 7.84. The van der Waals surface area contributed by atoms with Gasteiger partial charge >= 0.3 is 0 Å². The number of nitrogens with zero attached hydrogens (tertiary/aromatic N) is 1. The fourth-order valence-electron chi connectivity index (χ4n) is 3.55. The van der Waals surface area contributed by atoms with Crippen LogP contribution in [0.2, 0.25) is 0 Å². The van der Waals surface area contributed by atoms with Crippen molar-refractivity contribution < 1.29 is 18.2 Å². The third-order valence-corrected chi connectivity index (χ3v) is 6.37. The van der Waals surface area contributed by atoms with Crippen LogP contribution < -0.4 is 10.1 Å². The van der Waals surface area contributed by atoms with Crippen molar-refractivity contribution in [2.75, 3.05) is 32.0 Å². The molecule has 0 saturated carbocycles. The Bertz CT molecular complexity index is 788. The van der Waals surface area contributed by atoms with E-state index in [1.54, 1.807) is 18.4 Å². The van der Waals surface area contributed by atoms with Crippen molar-refractivity contribution in [2.45, 2.75) is 44.4 Å². The molecular formula is C23H32N2O4S. The maximum absolute atomic E-state index is 11.9. The normalized spacial score (nSPS) is 15.6. The van der Waals surface area contributed by atoms with Gasteiger partial charge < -0.3 is 14.5 Å². The Morgan fingerprint density at radius 1 is 1.17 bits per heavy atom. The topological polar surface area (TPSA) is 71.8 Å². The molecule has 0 aliphatic carbocycles. The lowest BCUT2D eigenvalue weighted by Gasteiger charge is -2.26. The minimum atomic E-state index is -1.04. The lowest BCUT2D eigenvalue weighted by Crippen LogP contribution is -2.29. The molecule has 2 aromatic rings. The molecule has 1 N–H and O–H groups in total. The van der Waals surface area contributed by atoms with Gasteiger partial charge in [-0.1, -0.05) is 18.6 Å². The van der Waals surface area contributed by atoms with Crippen LogP contribution in [0, 0.1) is 0 Å². The van der Waals surface area contributed by atoms with Gasteiger partial charge in [-0.3, -0.25) is 13.9 Å². The van der Waals surface area contributed by atoms with Crippen molar-refractivity contribution in [3.63, 3.8) is 0 Å². The summed E-state index contributed by atoms with van der Waals surface area (Å²) in [6.45, 7) is 4.24. The summed E-state index contributed by atoms with van der Waals surface area (Å²) in [5.41, 5.74) is 1.27. The molecule has 1 fully saturated rings. The van der Waals surface area contributed by atoms with Crippen molar-refractivity contribution in [1.29, 1.82) is 0 Å². The van der Waals surface area contributed by atoms with E-state index in [-0.39, 0.29) is 5.91 Å². The van der Waals surface area contributed by atoms with Gasteiger partial charge in [-0.2, -0.15) is 0 Å². The van der Waals surface area contributed by atoms with E-state index in [1.165, 1.54) is 37.9 Å². The Morgan fingerprint density at radius 2 is 2.03 bits per heavy atom. The highest BCUT2D eigenvalue weighted by Gasteiger charge is 2.11. The van der Waals surface area contributed by atoms with E-state index >= 15 is 0 Å². The molecule has 0 bridgehead atoms. The SMILES string of the molecule is O=C(CCCOc1cccc(CN2CCCCC2)c1)NCCS(=O)Cc1ccco1. The molecule has 1 aliphatic heterocycles. The molecule has 1 aromatic carbocycles. The Kier molecular flexibility index (Phi) is 9.44. The first kappa shape index (κ1) is 22.6. The number of carbonyl (C=O) groups excluding carboxylic acids is 1. The zero-order valence-corrected chi connectivity index (χ0v) is 18.3. The predicted molar refractivity (Wildman–Crippen MR) is 119 cm³/mol. The van der Waals surface area contributed by atoms with E-state index in [1.807, 2.05) is 12.1 Å². The van der Waals surface area contributed by atoms with Crippen LogP contribution in [0.15, 0.2) is 47.1 Å². The second-order valence-electron chi connectivity index (χ2n) is 7.65. The molecular weight excluding hydrogens is 400 g/mol. The standard InChI is InChI=1S/C23H32N2O4S/c26-23(24-11-16-30(27)19-22-9-5-14-29-22)10-6-15-28-21-8-4-7-20(17-21)18-25-12-2-1-3-13-25/h4-5,7-9,14,17H,1-3,6,10-13,15-16,18-19H2,(H,24,26). The molecule has 1 atom stereocenters. The summed E-state index contributed by atoms with van der Waals surface area (Å²) in [6, 6.07) is 11.8. The van der Waals surface area contributed by atoms with Gasteiger partial charge in [0.2, 0.25) is 5.91 Å². The van der Waals surface area contributed by atoms with Gasteiger partial charge in [0.15, 0.2) is 0 Å². The summed E-state index contributed by atoms with van der Waals surface area (Å²) in [4.78, 5) is 14.4. The molecule has 1 saturated heterocycles. The van der Waals surface area contributed by atoms with Gasteiger partial charge in [0.05, 0.1) is 18.6 Å². The van der Waals surface area contributed by atoms with Crippen LogP contribution in [0.3, 0.4) is 0 Å². The van der Waals surface area contributed by atoms with Crippen molar-refractivity contribution in [1.82, 2.24) is 10.2 Å². The summed E-state index contributed by atoms with van der Waals surface area (Å²) >= 11 is 0.